The average molecular weight is 357 g/mol. The van der Waals surface area contributed by atoms with Gasteiger partial charge in [0.15, 0.2) is 17.3 Å². The molecule has 9 nitrogen and oxygen atoms in total. The molecular formula is C17H15N3O6. The fourth-order valence-electron chi connectivity index (χ4n) is 2.65. The highest BCUT2D eigenvalue weighted by molar-refractivity contribution is 5.81. The number of hydrogen-bond acceptors (Lipinski definition) is 7. The highest BCUT2D eigenvalue weighted by Gasteiger charge is 2.25. The molecule has 0 atom stereocenters. The number of para-hydroxylation sites is 1. The molecule has 2 aromatic carbocycles. The molecule has 0 saturated carbocycles. The first-order chi connectivity index (χ1) is 12.5. The highest BCUT2D eigenvalue weighted by Crippen LogP contribution is 2.39. The third-order valence-corrected chi connectivity index (χ3v) is 3.86. The number of nitrogens with zero attached hydrogens (tertiary/aromatic N) is 3. The Hall–Kier alpha value is -3.62. The van der Waals surface area contributed by atoms with Gasteiger partial charge in [-0.05, 0) is 12.1 Å². The summed E-state index contributed by atoms with van der Waals surface area (Å²) in [6.45, 7) is 0. The van der Waals surface area contributed by atoms with Gasteiger partial charge in [-0.2, -0.15) is 0 Å². The maximum atomic E-state index is 12.7. The van der Waals surface area contributed by atoms with Crippen molar-refractivity contribution in [1.29, 1.82) is 0 Å². The van der Waals surface area contributed by atoms with E-state index in [0.29, 0.717) is 10.9 Å². The SMILES string of the molecule is COc1cc(-c2nc3ccccc3c(=O)n2OC)c([N+](=O)[O-])cc1OC. The lowest BCUT2D eigenvalue weighted by atomic mass is 10.1. The van der Waals surface area contributed by atoms with Crippen LogP contribution >= 0.6 is 0 Å². The van der Waals surface area contributed by atoms with Crippen LogP contribution in [0, 0.1) is 10.1 Å². The third-order valence-electron chi connectivity index (χ3n) is 3.86. The first-order valence-electron chi connectivity index (χ1n) is 7.48. The van der Waals surface area contributed by atoms with E-state index < -0.39 is 10.5 Å². The number of benzene rings is 2. The van der Waals surface area contributed by atoms with Crippen LogP contribution in [0.4, 0.5) is 5.69 Å². The van der Waals surface area contributed by atoms with Crippen LogP contribution in [0.5, 0.6) is 11.5 Å². The second-order valence-electron chi connectivity index (χ2n) is 5.22. The Balaban J connectivity index is 2.42. The van der Waals surface area contributed by atoms with E-state index in [4.69, 9.17) is 14.3 Å². The number of aromatic nitrogens is 2. The summed E-state index contributed by atoms with van der Waals surface area (Å²) >= 11 is 0. The number of nitro benzene ring substituents is 1. The number of methoxy groups -OCH3 is 2. The van der Waals surface area contributed by atoms with E-state index in [1.807, 2.05) is 0 Å². The summed E-state index contributed by atoms with van der Waals surface area (Å²) in [5, 5.41) is 11.9. The van der Waals surface area contributed by atoms with E-state index in [9.17, 15) is 14.9 Å². The lowest BCUT2D eigenvalue weighted by Crippen LogP contribution is -2.28. The number of fused-ring (bicyclic) bond motifs is 1. The van der Waals surface area contributed by atoms with E-state index in [2.05, 4.69) is 4.98 Å². The Kier molecular flexibility index (Phi) is 4.44. The molecule has 0 fully saturated rings. The van der Waals surface area contributed by atoms with Crippen LogP contribution in [-0.4, -0.2) is 36.0 Å². The zero-order valence-corrected chi connectivity index (χ0v) is 14.3. The molecule has 1 aromatic heterocycles. The standard InChI is InChI=1S/C17H15N3O6/c1-24-14-8-11(13(20(22)23)9-15(14)25-2)16-18-12-7-5-4-6-10(12)17(21)19(16)26-3/h4-9H,1-3H3. The van der Waals surface area contributed by atoms with Crippen LogP contribution in [0.3, 0.4) is 0 Å². The molecule has 0 aliphatic carbocycles. The molecule has 0 spiro atoms. The maximum absolute atomic E-state index is 12.7. The van der Waals surface area contributed by atoms with Crippen molar-refractivity contribution in [2.45, 2.75) is 0 Å². The first-order valence-corrected chi connectivity index (χ1v) is 7.48. The quantitative estimate of drug-likeness (QED) is 0.508. The Morgan fingerprint density at radius 2 is 1.73 bits per heavy atom. The molecule has 0 saturated heterocycles. The zero-order valence-electron chi connectivity index (χ0n) is 14.3. The van der Waals surface area contributed by atoms with Gasteiger partial charge in [-0.3, -0.25) is 14.9 Å². The van der Waals surface area contributed by atoms with Gasteiger partial charge in [-0.1, -0.05) is 12.1 Å². The van der Waals surface area contributed by atoms with Gasteiger partial charge in [-0.15, -0.1) is 4.73 Å². The van der Waals surface area contributed by atoms with Gasteiger partial charge in [0.2, 0.25) is 0 Å². The largest absolute Gasteiger partial charge is 0.493 e. The molecule has 0 aliphatic rings. The molecule has 0 unspecified atom stereocenters. The number of nitro groups is 1. The lowest BCUT2D eigenvalue weighted by Gasteiger charge is -2.14. The summed E-state index contributed by atoms with van der Waals surface area (Å²) in [5.41, 5.74) is -0.310. The summed E-state index contributed by atoms with van der Waals surface area (Å²) in [5.74, 6) is 0.442. The van der Waals surface area contributed by atoms with Crippen molar-refractivity contribution >= 4 is 16.6 Å². The molecule has 134 valence electrons. The summed E-state index contributed by atoms with van der Waals surface area (Å²) in [7, 11) is 4.07. The zero-order chi connectivity index (χ0) is 18.8. The van der Waals surface area contributed by atoms with Crippen molar-refractivity contribution in [1.82, 2.24) is 9.71 Å². The summed E-state index contributed by atoms with van der Waals surface area (Å²) in [4.78, 5) is 33.2. The van der Waals surface area contributed by atoms with Crippen LogP contribution in [0.2, 0.25) is 0 Å². The monoisotopic (exact) mass is 357 g/mol. The fraction of sp³-hybridized carbons (Fsp3) is 0.176. The van der Waals surface area contributed by atoms with Gasteiger partial charge < -0.3 is 14.3 Å². The summed E-state index contributed by atoms with van der Waals surface area (Å²) in [6.07, 6.45) is 0. The lowest BCUT2D eigenvalue weighted by molar-refractivity contribution is -0.384. The smallest absolute Gasteiger partial charge is 0.294 e. The molecule has 3 rings (SSSR count). The van der Waals surface area contributed by atoms with Crippen LogP contribution < -0.4 is 19.9 Å². The maximum Gasteiger partial charge on any atom is 0.294 e. The average Bonchev–Trinajstić information content (AvgIpc) is 2.66. The minimum absolute atomic E-state index is 0.0103. The molecule has 1 heterocycles. The fourth-order valence-corrected chi connectivity index (χ4v) is 2.65. The van der Waals surface area contributed by atoms with Crippen molar-refractivity contribution in [3.63, 3.8) is 0 Å². The van der Waals surface area contributed by atoms with Gasteiger partial charge in [0.05, 0.1) is 36.1 Å². The van der Waals surface area contributed by atoms with Crippen molar-refractivity contribution < 1.29 is 19.2 Å². The van der Waals surface area contributed by atoms with Gasteiger partial charge >= 0.3 is 0 Å². The Morgan fingerprint density at radius 3 is 2.35 bits per heavy atom. The van der Waals surface area contributed by atoms with Crippen molar-refractivity contribution in [2.24, 2.45) is 0 Å². The summed E-state index contributed by atoms with van der Waals surface area (Å²) < 4.78 is 11.3. The Morgan fingerprint density at radius 1 is 1.08 bits per heavy atom. The second-order valence-corrected chi connectivity index (χ2v) is 5.22. The predicted octanol–water partition coefficient (Wildman–Crippen LogP) is 2.05. The van der Waals surface area contributed by atoms with Gasteiger partial charge in [0.25, 0.3) is 11.2 Å². The minimum Gasteiger partial charge on any atom is -0.493 e. The van der Waals surface area contributed by atoms with Gasteiger partial charge in [0.1, 0.15) is 12.7 Å². The molecule has 26 heavy (non-hydrogen) atoms. The molecule has 0 aliphatic heterocycles. The second kappa shape index (κ2) is 6.71. The molecular weight excluding hydrogens is 342 g/mol. The normalized spacial score (nSPS) is 10.6. The van der Waals surface area contributed by atoms with Crippen LogP contribution in [-0.2, 0) is 0 Å². The van der Waals surface area contributed by atoms with Crippen LogP contribution in [0.1, 0.15) is 0 Å². The van der Waals surface area contributed by atoms with Crippen molar-refractivity contribution in [3.05, 3.63) is 56.9 Å². The van der Waals surface area contributed by atoms with E-state index >= 15 is 0 Å². The molecule has 0 bridgehead atoms. The number of ether oxygens (including phenoxy) is 2. The molecule has 9 heteroatoms. The molecule has 3 aromatic rings. The van der Waals surface area contributed by atoms with Crippen molar-refractivity contribution in [3.8, 4) is 22.9 Å². The van der Waals surface area contributed by atoms with E-state index in [0.717, 1.165) is 4.73 Å². The van der Waals surface area contributed by atoms with Crippen molar-refractivity contribution in [2.75, 3.05) is 21.3 Å². The molecule has 0 radical (unpaired) electrons. The van der Waals surface area contributed by atoms with E-state index in [-0.39, 0.29) is 28.6 Å². The number of rotatable bonds is 5. The van der Waals surface area contributed by atoms with Gasteiger partial charge in [0, 0.05) is 6.07 Å². The van der Waals surface area contributed by atoms with Crippen LogP contribution in [0.25, 0.3) is 22.3 Å². The first kappa shape index (κ1) is 17.2. The predicted molar refractivity (Wildman–Crippen MR) is 93.7 cm³/mol. The Labute approximate surface area is 147 Å². The topological polar surface area (TPSA) is 106 Å². The van der Waals surface area contributed by atoms with E-state index in [1.54, 1.807) is 24.3 Å². The van der Waals surface area contributed by atoms with E-state index in [1.165, 1.54) is 33.5 Å². The number of hydrogen-bond donors (Lipinski definition) is 0. The summed E-state index contributed by atoms with van der Waals surface area (Å²) in [6, 6.07) is 9.28. The molecule has 0 N–H and O–H groups in total. The third kappa shape index (κ3) is 2.69. The molecule has 0 amide bonds. The minimum atomic E-state index is -0.585. The highest BCUT2D eigenvalue weighted by atomic mass is 16.7. The Bertz CT molecular complexity index is 1060. The van der Waals surface area contributed by atoms with Gasteiger partial charge in [-0.25, -0.2) is 4.98 Å². The van der Waals surface area contributed by atoms with Crippen LogP contribution in [0.15, 0.2) is 41.2 Å².